The Morgan fingerprint density at radius 2 is 1.43 bits per heavy atom. The molecule has 4 heterocycles. The summed E-state index contributed by atoms with van der Waals surface area (Å²) in [4.78, 5) is 15.6. The second-order valence-electron chi connectivity index (χ2n) is 5.64. The average molecular weight is 554 g/mol. The molecule has 4 aromatic heterocycles. The van der Waals surface area contributed by atoms with E-state index in [1.54, 1.807) is 6.20 Å². The summed E-state index contributed by atoms with van der Waals surface area (Å²) >= 11 is 6.37. The summed E-state index contributed by atoms with van der Waals surface area (Å²) in [6, 6.07) is 0. The molecular weight excluding hydrogens is 533 g/mol. The Bertz CT molecular complexity index is 1180. The number of alkyl halides is 3. The van der Waals surface area contributed by atoms with Gasteiger partial charge in [-0.15, -0.1) is 0 Å². The number of halogens is 5. The highest BCUT2D eigenvalue weighted by Gasteiger charge is 2.35. The van der Waals surface area contributed by atoms with Crippen LogP contribution in [0, 0.1) is 13.8 Å². The molecule has 0 bridgehead atoms. The Hall–Kier alpha value is -2.41. The summed E-state index contributed by atoms with van der Waals surface area (Å²) < 4.78 is 41.9. The van der Waals surface area contributed by atoms with Crippen LogP contribution in [0.3, 0.4) is 0 Å². The first kappa shape index (κ1) is 25.6. The lowest BCUT2D eigenvalue weighted by Gasteiger charge is -2.10. The molecule has 164 valence electrons. The SMILES string of the molecule is C.C.Cc1nc(Br)c2c(N)ncc(C(F)(F)F)n12.Cc1nc(Br)c2c(N)nccn12. The molecule has 4 aromatic rings. The van der Waals surface area contributed by atoms with Gasteiger partial charge in [0.1, 0.15) is 37.6 Å². The van der Waals surface area contributed by atoms with Gasteiger partial charge in [0.15, 0.2) is 11.6 Å². The lowest BCUT2D eigenvalue weighted by Crippen LogP contribution is -2.14. The predicted molar refractivity (Wildman–Crippen MR) is 118 cm³/mol. The minimum atomic E-state index is -4.50. The number of aryl methyl sites for hydroxylation is 2. The van der Waals surface area contributed by atoms with E-state index in [-0.39, 0.29) is 36.6 Å². The minimum absolute atomic E-state index is 0. The highest BCUT2D eigenvalue weighted by Crippen LogP contribution is 2.33. The summed E-state index contributed by atoms with van der Waals surface area (Å²) in [7, 11) is 0. The van der Waals surface area contributed by atoms with Gasteiger partial charge in [0.25, 0.3) is 0 Å². The van der Waals surface area contributed by atoms with Gasteiger partial charge in [0.05, 0.1) is 6.20 Å². The van der Waals surface area contributed by atoms with E-state index in [0.29, 0.717) is 12.0 Å². The van der Waals surface area contributed by atoms with Crippen LogP contribution in [0.1, 0.15) is 32.2 Å². The normalized spacial score (nSPS) is 10.9. The Morgan fingerprint density at radius 3 is 2.00 bits per heavy atom. The molecule has 0 fully saturated rings. The number of rotatable bonds is 0. The van der Waals surface area contributed by atoms with Gasteiger partial charge in [0, 0.05) is 12.4 Å². The van der Waals surface area contributed by atoms with E-state index in [9.17, 15) is 13.2 Å². The Labute approximate surface area is 187 Å². The van der Waals surface area contributed by atoms with Crippen LogP contribution in [-0.2, 0) is 6.18 Å². The van der Waals surface area contributed by atoms with Crippen molar-refractivity contribution in [3.05, 3.63) is 45.1 Å². The van der Waals surface area contributed by atoms with E-state index in [0.717, 1.165) is 20.3 Å². The first-order valence-electron chi connectivity index (χ1n) is 7.63. The molecule has 0 aliphatic heterocycles. The zero-order chi connectivity index (χ0) is 20.8. The van der Waals surface area contributed by atoms with Crippen LogP contribution < -0.4 is 11.5 Å². The first-order chi connectivity index (χ1) is 13.0. The van der Waals surface area contributed by atoms with Crippen LogP contribution in [0.5, 0.6) is 0 Å². The van der Waals surface area contributed by atoms with Crippen molar-refractivity contribution in [2.75, 3.05) is 11.5 Å². The molecule has 0 saturated carbocycles. The summed E-state index contributed by atoms with van der Waals surface area (Å²) in [5, 5.41) is 0. The standard InChI is InChI=1S/C8H6BrF3N4.C7H7BrN4.2CH4/c1-3-15-6(9)5-7(13)14-2-4(16(3)5)8(10,11)12;1-4-11-6(8)5-7(9)10-2-3-12(4)5;;/h2H,1H3,(H2,13,14);2-3H,1H3,(H2,9,10);2*1H4. The molecule has 13 heteroatoms. The lowest BCUT2D eigenvalue weighted by molar-refractivity contribution is -0.142. The molecule has 0 unspecified atom stereocenters. The maximum atomic E-state index is 12.7. The molecule has 0 aromatic carbocycles. The number of fused-ring (bicyclic) bond motifs is 2. The Balaban J connectivity index is 0.000000290. The fourth-order valence-corrected chi connectivity index (χ4v) is 3.91. The van der Waals surface area contributed by atoms with Crippen molar-refractivity contribution in [2.45, 2.75) is 34.9 Å². The smallest absolute Gasteiger partial charge is 0.382 e. The molecule has 4 rings (SSSR count). The van der Waals surface area contributed by atoms with Crippen LogP contribution in [0.25, 0.3) is 11.0 Å². The second kappa shape index (κ2) is 9.16. The monoisotopic (exact) mass is 552 g/mol. The number of nitrogens with two attached hydrogens (primary N) is 2. The summed E-state index contributed by atoms with van der Waals surface area (Å²) in [6.45, 7) is 3.38. The topological polar surface area (TPSA) is 112 Å². The van der Waals surface area contributed by atoms with Crippen LogP contribution in [0.4, 0.5) is 24.8 Å². The van der Waals surface area contributed by atoms with E-state index >= 15 is 0 Å². The van der Waals surface area contributed by atoms with Gasteiger partial charge in [-0.2, -0.15) is 13.2 Å². The molecule has 0 aliphatic carbocycles. The summed E-state index contributed by atoms with van der Waals surface area (Å²) in [6.07, 6.45) is -0.310. The van der Waals surface area contributed by atoms with Gasteiger partial charge in [-0.25, -0.2) is 19.9 Å². The third-order valence-electron chi connectivity index (χ3n) is 3.82. The summed E-state index contributed by atoms with van der Waals surface area (Å²) in [5.41, 5.74) is 11.2. The molecule has 4 N–H and O–H groups in total. The van der Waals surface area contributed by atoms with Crippen molar-refractivity contribution >= 4 is 54.5 Å². The van der Waals surface area contributed by atoms with E-state index in [2.05, 4.69) is 51.8 Å². The van der Waals surface area contributed by atoms with Crippen LogP contribution >= 0.6 is 31.9 Å². The number of nitrogens with zero attached hydrogens (tertiary/aromatic N) is 6. The third kappa shape index (κ3) is 4.51. The van der Waals surface area contributed by atoms with Crippen LogP contribution in [0.2, 0.25) is 0 Å². The van der Waals surface area contributed by atoms with Crippen molar-refractivity contribution in [2.24, 2.45) is 0 Å². The van der Waals surface area contributed by atoms with Gasteiger partial charge in [-0.05, 0) is 45.7 Å². The number of hydrogen-bond acceptors (Lipinski definition) is 6. The lowest BCUT2D eigenvalue weighted by atomic mass is 10.4. The molecule has 0 spiro atoms. The van der Waals surface area contributed by atoms with Crippen LogP contribution in [0.15, 0.2) is 27.8 Å². The molecule has 0 saturated heterocycles. The van der Waals surface area contributed by atoms with Crippen molar-refractivity contribution in [1.82, 2.24) is 28.7 Å². The fraction of sp³-hybridized carbons (Fsp3) is 0.294. The van der Waals surface area contributed by atoms with Gasteiger partial charge in [-0.1, -0.05) is 14.9 Å². The minimum Gasteiger partial charge on any atom is -0.382 e. The predicted octanol–water partition coefficient (Wildman–Crippen LogP) is 5.06. The highest BCUT2D eigenvalue weighted by molar-refractivity contribution is 9.10. The molecule has 0 amide bonds. The number of anilines is 2. The van der Waals surface area contributed by atoms with Crippen molar-refractivity contribution in [3.8, 4) is 0 Å². The quantitative estimate of drug-likeness (QED) is 0.315. The zero-order valence-corrected chi connectivity index (χ0v) is 17.6. The van der Waals surface area contributed by atoms with Crippen LogP contribution in [-0.4, -0.2) is 28.7 Å². The van der Waals surface area contributed by atoms with E-state index in [1.165, 1.54) is 6.92 Å². The number of nitrogen functional groups attached to an aromatic ring is 2. The van der Waals surface area contributed by atoms with E-state index in [1.807, 2.05) is 17.5 Å². The molecule has 30 heavy (non-hydrogen) atoms. The second-order valence-corrected chi connectivity index (χ2v) is 7.14. The first-order valence-corrected chi connectivity index (χ1v) is 9.21. The fourth-order valence-electron chi connectivity index (χ4n) is 2.63. The van der Waals surface area contributed by atoms with Gasteiger partial charge in [0.2, 0.25) is 0 Å². The molecule has 8 nitrogen and oxygen atoms in total. The largest absolute Gasteiger partial charge is 0.433 e. The van der Waals surface area contributed by atoms with Crippen molar-refractivity contribution in [1.29, 1.82) is 0 Å². The number of imidazole rings is 2. The van der Waals surface area contributed by atoms with E-state index in [4.69, 9.17) is 11.5 Å². The Kier molecular flexibility index (Phi) is 7.83. The summed E-state index contributed by atoms with van der Waals surface area (Å²) in [5.74, 6) is 1.58. The maximum absolute atomic E-state index is 12.7. The number of aromatic nitrogens is 6. The maximum Gasteiger partial charge on any atom is 0.433 e. The molecule has 0 aliphatic rings. The van der Waals surface area contributed by atoms with E-state index < -0.39 is 11.9 Å². The van der Waals surface area contributed by atoms with Crippen molar-refractivity contribution < 1.29 is 13.2 Å². The van der Waals surface area contributed by atoms with Gasteiger partial charge < -0.3 is 11.5 Å². The third-order valence-corrected chi connectivity index (χ3v) is 4.93. The number of hydrogen-bond donors (Lipinski definition) is 2. The Morgan fingerprint density at radius 1 is 0.900 bits per heavy atom. The van der Waals surface area contributed by atoms with Gasteiger partial charge >= 0.3 is 6.18 Å². The van der Waals surface area contributed by atoms with Crippen molar-refractivity contribution in [3.63, 3.8) is 0 Å². The molecule has 0 atom stereocenters. The molecule has 0 radical (unpaired) electrons. The highest BCUT2D eigenvalue weighted by atomic mass is 79.9. The zero-order valence-electron chi connectivity index (χ0n) is 14.5. The average Bonchev–Trinajstić information content (AvgIpc) is 3.05. The molecular formula is C17H21Br2F3N8. The van der Waals surface area contributed by atoms with Gasteiger partial charge in [-0.3, -0.25) is 8.80 Å².